The van der Waals surface area contributed by atoms with E-state index >= 15 is 0 Å². The van der Waals surface area contributed by atoms with Gasteiger partial charge in [-0.25, -0.2) is 0 Å². The molecule has 2 atom stereocenters. The van der Waals surface area contributed by atoms with Gasteiger partial charge in [0.1, 0.15) is 0 Å². The van der Waals surface area contributed by atoms with E-state index in [0.29, 0.717) is 0 Å². The topological polar surface area (TPSA) is 26.5 Å². The van der Waals surface area contributed by atoms with Crippen LogP contribution in [0.1, 0.15) is 13.8 Å². The summed E-state index contributed by atoms with van der Waals surface area (Å²) in [6.07, 6.45) is 20.8. The normalized spacial score (nSPS) is 32.5. The molecule has 124 valence electrons. The van der Waals surface area contributed by atoms with Crippen LogP contribution in [0, 0.1) is 11.8 Å². The second-order valence-electron chi connectivity index (χ2n) is 5.34. The predicted octanol–water partition coefficient (Wildman–Crippen LogP) is 5.28. The molecule has 0 bridgehead atoms. The smallest absolute Gasteiger partial charge is 0.472 e. The van der Waals surface area contributed by atoms with E-state index in [1.807, 2.05) is 31.2 Å². The number of hydrogen-bond donors (Lipinski definition) is 0. The van der Waals surface area contributed by atoms with Crippen LogP contribution < -0.4 is 0 Å². The average molecular weight is 355 g/mol. The third-order valence-corrected chi connectivity index (χ3v) is 3.88. The third-order valence-electron chi connectivity index (χ3n) is 3.88. The monoisotopic (exact) mass is 354 g/mol. The Bertz CT molecular complexity index is 643. The Morgan fingerprint density at radius 1 is 1.22 bits per heavy atom. The summed E-state index contributed by atoms with van der Waals surface area (Å²) < 4.78 is 0. The first kappa shape index (κ1) is 19.2. The Hall–Kier alpha value is -1.83. The molecule has 2 rings (SSSR count). The van der Waals surface area contributed by atoms with Gasteiger partial charge in [0.25, 0.3) is 0 Å². The van der Waals surface area contributed by atoms with Gasteiger partial charge in [0.15, 0.2) is 0 Å². The molecule has 1 saturated heterocycles. The van der Waals surface area contributed by atoms with Crippen LogP contribution in [0.5, 0.6) is 0 Å². The molecule has 0 amide bonds. The fraction of sp³-hybridized carbons (Fsp3) is 0.250. The van der Waals surface area contributed by atoms with Gasteiger partial charge in [0.05, 0.1) is 0 Å². The van der Waals surface area contributed by atoms with Crippen LogP contribution in [-0.2, 0) is 17.1 Å². The SMILES string of the molecule is C=C1[N-]C(=NC)C2C(/C(C)=C/C=C\C)=C/C=C\C=C/C=C/C12.[Cu+]. The van der Waals surface area contributed by atoms with Gasteiger partial charge in [-0.05, 0) is 25.0 Å². The van der Waals surface area contributed by atoms with Crippen molar-refractivity contribution in [1.82, 2.24) is 0 Å². The van der Waals surface area contributed by atoms with Crippen LogP contribution in [0.2, 0.25) is 0 Å². The zero-order valence-corrected chi connectivity index (χ0v) is 14.8. The summed E-state index contributed by atoms with van der Waals surface area (Å²) >= 11 is 0. The van der Waals surface area contributed by atoms with E-state index in [1.165, 1.54) is 11.1 Å². The number of nitrogens with zero attached hydrogens (tertiary/aromatic N) is 2. The van der Waals surface area contributed by atoms with Gasteiger partial charge in [0.2, 0.25) is 0 Å². The van der Waals surface area contributed by atoms with Crippen molar-refractivity contribution < 1.29 is 17.1 Å². The molecule has 3 heteroatoms. The van der Waals surface area contributed by atoms with Gasteiger partial charge in [0, 0.05) is 11.8 Å². The Morgan fingerprint density at radius 2 is 1.91 bits per heavy atom. The number of amidine groups is 1. The first-order valence-corrected chi connectivity index (χ1v) is 7.58. The Balaban J connectivity index is 0.00000264. The van der Waals surface area contributed by atoms with Crippen LogP contribution in [0.15, 0.2) is 89.2 Å². The summed E-state index contributed by atoms with van der Waals surface area (Å²) in [5, 5.41) is 4.58. The van der Waals surface area contributed by atoms with Crippen molar-refractivity contribution in [2.24, 2.45) is 16.8 Å². The van der Waals surface area contributed by atoms with E-state index in [0.717, 1.165) is 11.5 Å². The fourth-order valence-corrected chi connectivity index (χ4v) is 2.74. The molecule has 2 nitrogen and oxygen atoms in total. The Kier molecular flexibility index (Phi) is 7.80. The third kappa shape index (κ3) is 4.57. The summed E-state index contributed by atoms with van der Waals surface area (Å²) in [7, 11) is 1.80. The molecule has 0 radical (unpaired) electrons. The van der Waals surface area contributed by atoms with Crippen molar-refractivity contribution in [2.75, 3.05) is 7.05 Å². The quantitative estimate of drug-likeness (QED) is 0.476. The molecule has 0 aromatic heterocycles. The maximum atomic E-state index is 4.58. The maximum Gasteiger partial charge on any atom is 1.00 e. The molecule has 1 aliphatic heterocycles. The van der Waals surface area contributed by atoms with Crippen molar-refractivity contribution in [2.45, 2.75) is 13.8 Å². The first-order chi connectivity index (χ1) is 10.7. The molecule has 1 aliphatic carbocycles. The van der Waals surface area contributed by atoms with Crippen LogP contribution in [0.3, 0.4) is 0 Å². The second-order valence-corrected chi connectivity index (χ2v) is 5.34. The molecule has 0 aromatic rings. The average Bonchev–Trinajstić information content (AvgIpc) is 2.84. The minimum absolute atomic E-state index is 0. The summed E-state index contributed by atoms with van der Waals surface area (Å²) in [6, 6.07) is 0. The standard InChI is InChI=1S/C20H23N2.Cu/c1-5-6-12-15(2)17-13-10-8-7-9-11-14-18-16(3)22-20(21-4)19(17)18;/h5-14,18-19H,3H2,1-2,4H3;/q-1;+1/b6-5-,9-7-,10-8-,14-11+,15-12+,17-13+;. The molecule has 2 aliphatic rings. The Labute approximate surface area is 150 Å². The van der Waals surface area contributed by atoms with Gasteiger partial charge in [-0.1, -0.05) is 85.9 Å². The van der Waals surface area contributed by atoms with E-state index in [2.05, 4.69) is 60.3 Å². The molecule has 1 fully saturated rings. The maximum absolute atomic E-state index is 4.58. The predicted molar refractivity (Wildman–Crippen MR) is 96.9 cm³/mol. The van der Waals surface area contributed by atoms with Crippen molar-refractivity contribution in [3.8, 4) is 0 Å². The van der Waals surface area contributed by atoms with Crippen LogP contribution in [0.25, 0.3) is 5.32 Å². The van der Waals surface area contributed by atoms with E-state index in [-0.39, 0.29) is 28.9 Å². The number of rotatable bonds is 2. The van der Waals surface area contributed by atoms with Gasteiger partial charge in [-0.15, -0.1) is 0 Å². The molecular formula is C20H23CuN2. The molecule has 1 heterocycles. The van der Waals surface area contributed by atoms with Gasteiger partial charge < -0.3 is 10.3 Å². The molecule has 0 N–H and O–H groups in total. The number of hydrogen-bond acceptors (Lipinski definition) is 1. The molecule has 0 aromatic carbocycles. The largest absolute Gasteiger partial charge is 1.00 e. The molecule has 23 heavy (non-hydrogen) atoms. The summed E-state index contributed by atoms with van der Waals surface area (Å²) in [6.45, 7) is 8.27. The van der Waals surface area contributed by atoms with Gasteiger partial charge >= 0.3 is 17.1 Å². The van der Waals surface area contributed by atoms with Gasteiger partial charge in [-0.3, -0.25) is 0 Å². The number of aliphatic imine (C=N–C) groups is 1. The number of fused-ring (bicyclic) bond motifs is 1. The van der Waals surface area contributed by atoms with Crippen molar-refractivity contribution >= 4 is 5.84 Å². The summed E-state index contributed by atoms with van der Waals surface area (Å²) in [5.41, 5.74) is 3.34. The zero-order chi connectivity index (χ0) is 15.9. The summed E-state index contributed by atoms with van der Waals surface area (Å²) in [5.74, 6) is 1.15. The van der Waals surface area contributed by atoms with E-state index in [1.54, 1.807) is 7.05 Å². The van der Waals surface area contributed by atoms with Crippen LogP contribution in [-0.4, -0.2) is 12.9 Å². The van der Waals surface area contributed by atoms with Crippen molar-refractivity contribution in [1.29, 1.82) is 0 Å². The molecule has 2 unspecified atom stereocenters. The second kappa shape index (κ2) is 9.34. The van der Waals surface area contributed by atoms with Crippen LogP contribution >= 0.6 is 0 Å². The summed E-state index contributed by atoms with van der Waals surface area (Å²) in [4.78, 5) is 4.39. The van der Waals surface area contributed by atoms with E-state index in [9.17, 15) is 0 Å². The van der Waals surface area contributed by atoms with E-state index < -0.39 is 0 Å². The van der Waals surface area contributed by atoms with Crippen molar-refractivity contribution in [3.63, 3.8) is 0 Å². The Morgan fingerprint density at radius 3 is 2.61 bits per heavy atom. The molecule has 0 saturated carbocycles. The minimum Gasteiger partial charge on any atom is -0.472 e. The molecular weight excluding hydrogens is 332 g/mol. The minimum atomic E-state index is 0. The number of allylic oxidation sites excluding steroid dienone is 11. The van der Waals surface area contributed by atoms with Crippen molar-refractivity contribution in [3.05, 3.63) is 89.5 Å². The fourth-order valence-electron chi connectivity index (χ4n) is 2.74. The first-order valence-electron chi connectivity index (χ1n) is 7.58. The van der Waals surface area contributed by atoms with E-state index in [4.69, 9.17) is 0 Å². The molecule has 0 spiro atoms. The zero-order valence-electron chi connectivity index (χ0n) is 13.8. The van der Waals surface area contributed by atoms with Crippen LogP contribution in [0.4, 0.5) is 0 Å². The van der Waals surface area contributed by atoms with Gasteiger partial charge in [-0.2, -0.15) is 0 Å².